The molecular formula is C26H40N4O3. The van der Waals surface area contributed by atoms with Gasteiger partial charge in [-0.2, -0.15) is 0 Å². The van der Waals surface area contributed by atoms with Crippen LogP contribution in [0.1, 0.15) is 75.5 Å². The number of fused-ring (bicyclic) bond motifs is 3. The third-order valence-corrected chi connectivity index (χ3v) is 7.77. The Morgan fingerprint density at radius 3 is 2.61 bits per heavy atom. The number of amides is 1. The Labute approximate surface area is 197 Å². The number of aliphatic carboxylic acids is 1. The van der Waals surface area contributed by atoms with E-state index in [4.69, 9.17) is 4.98 Å². The molecule has 7 nitrogen and oxygen atoms in total. The number of nitrogens with one attached hydrogen (secondary N) is 3. The number of carbonyl (C=O) groups is 2. The number of piperidine rings is 1. The molecule has 3 heterocycles. The molecule has 2 unspecified atom stereocenters. The van der Waals surface area contributed by atoms with Crippen LogP contribution in [0.5, 0.6) is 0 Å². The van der Waals surface area contributed by atoms with Gasteiger partial charge in [-0.15, -0.1) is 0 Å². The largest absolute Gasteiger partial charge is 0.480 e. The van der Waals surface area contributed by atoms with Gasteiger partial charge in [0.15, 0.2) is 0 Å². The number of anilines is 1. The predicted molar refractivity (Wildman–Crippen MR) is 129 cm³/mol. The van der Waals surface area contributed by atoms with E-state index in [0.717, 1.165) is 88.9 Å². The molecule has 1 amide bonds. The Kier molecular flexibility index (Phi) is 8.59. The molecule has 1 saturated carbocycles. The minimum atomic E-state index is -0.908. The summed E-state index contributed by atoms with van der Waals surface area (Å²) in [5.41, 5.74) is 2.48. The highest BCUT2D eigenvalue weighted by atomic mass is 16.4. The van der Waals surface area contributed by atoms with E-state index in [-0.39, 0.29) is 11.8 Å². The minimum Gasteiger partial charge on any atom is -0.480 e. The van der Waals surface area contributed by atoms with Gasteiger partial charge in [-0.25, -0.2) is 9.78 Å². The number of aryl methyl sites for hydroxylation is 2. The molecule has 0 spiro atoms. The number of carboxylic acid groups (broad SMARTS) is 1. The predicted octanol–water partition coefficient (Wildman–Crippen LogP) is 3.53. The van der Waals surface area contributed by atoms with E-state index in [1.807, 2.05) is 0 Å². The van der Waals surface area contributed by atoms with Crippen molar-refractivity contribution < 1.29 is 14.7 Å². The number of aromatic nitrogens is 1. The van der Waals surface area contributed by atoms with Crippen molar-refractivity contribution >= 4 is 17.7 Å². The smallest absolute Gasteiger partial charge is 0.326 e. The molecule has 1 saturated heterocycles. The topological polar surface area (TPSA) is 103 Å². The lowest BCUT2D eigenvalue weighted by molar-refractivity contribution is -0.144. The summed E-state index contributed by atoms with van der Waals surface area (Å²) >= 11 is 0. The zero-order chi connectivity index (χ0) is 23.0. The molecule has 4 rings (SSSR count). The minimum absolute atomic E-state index is 0.0192. The number of unbranched alkanes of at least 4 members (excludes halogenated alkanes) is 4. The molecule has 33 heavy (non-hydrogen) atoms. The molecule has 1 aromatic heterocycles. The summed E-state index contributed by atoms with van der Waals surface area (Å²) in [5.74, 6) is 0.808. The van der Waals surface area contributed by atoms with Crippen molar-refractivity contribution in [3.05, 3.63) is 23.4 Å². The van der Waals surface area contributed by atoms with E-state index in [0.29, 0.717) is 18.3 Å². The summed E-state index contributed by atoms with van der Waals surface area (Å²) in [4.78, 5) is 29.4. The Balaban J connectivity index is 1.13. The van der Waals surface area contributed by atoms with Crippen molar-refractivity contribution in [3.8, 4) is 0 Å². The first-order valence-corrected chi connectivity index (χ1v) is 13.1. The van der Waals surface area contributed by atoms with Crippen molar-refractivity contribution in [2.45, 2.75) is 83.1 Å². The third-order valence-electron chi connectivity index (χ3n) is 7.77. The molecule has 182 valence electrons. The monoisotopic (exact) mass is 456 g/mol. The molecule has 4 N–H and O–H groups in total. The summed E-state index contributed by atoms with van der Waals surface area (Å²) < 4.78 is 0. The van der Waals surface area contributed by atoms with Gasteiger partial charge >= 0.3 is 5.97 Å². The van der Waals surface area contributed by atoms with E-state index in [9.17, 15) is 14.7 Å². The van der Waals surface area contributed by atoms with E-state index in [1.165, 1.54) is 18.4 Å². The number of hydrogen-bond donors (Lipinski definition) is 4. The summed E-state index contributed by atoms with van der Waals surface area (Å²) in [6.45, 7) is 2.77. The van der Waals surface area contributed by atoms with Crippen molar-refractivity contribution in [1.82, 2.24) is 15.6 Å². The Bertz CT molecular complexity index is 793. The molecule has 2 bridgehead atoms. The lowest BCUT2D eigenvalue weighted by Gasteiger charge is -2.42. The SMILES string of the molecule is O=C(N[C@@H](CCCCCCCc1ccc2c(n1)NCCC2)C(=O)O)C1C2CCCC1CNC2. The molecule has 1 aliphatic carbocycles. The number of rotatable bonds is 11. The van der Waals surface area contributed by atoms with E-state index in [2.05, 4.69) is 28.1 Å². The van der Waals surface area contributed by atoms with Crippen LogP contribution in [0.3, 0.4) is 0 Å². The van der Waals surface area contributed by atoms with Crippen LogP contribution in [0, 0.1) is 17.8 Å². The molecule has 7 heteroatoms. The molecule has 3 atom stereocenters. The summed E-state index contributed by atoms with van der Waals surface area (Å²) in [5, 5.41) is 19.3. The zero-order valence-electron chi connectivity index (χ0n) is 19.8. The van der Waals surface area contributed by atoms with Gasteiger partial charge in [0.2, 0.25) is 5.91 Å². The molecule has 2 fully saturated rings. The fourth-order valence-electron chi connectivity index (χ4n) is 5.94. The fraction of sp³-hybridized carbons (Fsp3) is 0.731. The van der Waals surface area contributed by atoms with Crippen molar-refractivity contribution in [2.24, 2.45) is 17.8 Å². The average molecular weight is 457 g/mol. The lowest BCUT2D eigenvalue weighted by atomic mass is 9.69. The molecular weight excluding hydrogens is 416 g/mol. The lowest BCUT2D eigenvalue weighted by Crippen LogP contribution is -2.54. The second-order valence-electron chi connectivity index (χ2n) is 10.2. The quantitative estimate of drug-likeness (QED) is 0.380. The third kappa shape index (κ3) is 6.46. The summed E-state index contributed by atoms with van der Waals surface area (Å²) in [7, 11) is 0. The second kappa shape index (κ2) is 11.8. The van der Waals surface area contributed by atoms with Gasteiger partial charge in [0.05, 0.1) is 0 Å². The molecule has 1 aromatic rings. The maximum atomic E-state index is 12.9. The fourth-order valence-corrected chi connectivity index (χ4v) is 5.94. The van der Waals surface area contributed by atoms with Crippen LogP contribution in [-0.2, 0) is 22.4 Å². The highest BCUT2D eigenvalue weighted by molar-refractivity contribution is 5.85. The van der Waals surface area contributed by atoms with E-state index < -0.39 is 12.0 Å². The van der Waals surface area contributed by atoms with Crippen LogP contribution in [0.25, 0.3) is 0 Å². The molecule has 0 radical (unpaired) electrons. The number of carboxylic acids is 1. The summed E-state index contributed by atoms with van der Waals surface area (Å²) in [6, 6.07) is 3.60. The average Bonchev–Trinajstić information content (AvgIpc) is 2.81. The maximum Gasteiger partial charge on any atom is 0.326 e. The van der Waals surface area contributed by atoms with Crippen LogP contribution in [0.15, 0.2) is 12.1 Å². The van der Waals surface area contributed by atoms with Crippen LogP contribution >= 0.6 is 0 Å². The number of pyridine rings is 1. The first-order chi connectivity index (χ1) is 16.1. The standard InChI is InChI=1S/C26H40N4O3/c31-25(23-19-8-6-9-20(23)17-27-16-19)30-22(26(32)33)12-5-3-1-2-4-11-21-14-13-18-10-7-15-28-24(18)29-21/h13-14,19-20,22-23,27H,1-12,15-17H2,(H,28,29)(H,30,31)(H,32,33)/t19?,20?,22-,23?/m0/s1. The number of nitrogens with zero attached hydrogens (tertiary/aromatic N) is 1. The highest BCUT2D eigenvalue weighted by Crippen LogP contribution is 2.37. The highest BCUT2D eigenvalue weighted by Gasteiger charge is 2.41. The van der Waals surface area contributed by atoms with Crippen LogP contribution in [-0.4, -0.2) is 47.6 Å². The van der Waals surface area contributed by atoms with Gasteiger partial charge in [0, 0.05) is 18.2 Å². The summed E-state index contributed by atoms with van der Waals surface area (Å²) in [6.07, 6.45) is 12.2. The van der Waals surface area contributed by atoms with Gasteiger partial charge in [0.25, 0.3) is 0 Å². The van der Waals surface area contributed by atoms with Gasteiger partial charge in [0.1, 0.15) is 11.9 Å². The van der Waals surface area contributed by atoms with E-state index in [1.54, 1.807) is 0 Å². The molecule has 3 aliphatic rings. The maximum absolute atomic E-state index is 12.9. The van der Waals surface area contributed by atoms with Gasteiger partial charge in [-0.1, -0.05) is 38.2 Å². The molecule has 2 aliphatic heterocycles. The second-order valence-corrected chi connectivity index (χ2v) is 10.2. The van der Waals surface area contributed by atoms with Crippen molar-refractivity contribution in [2.75, 3.05) is 25.0 Å². The molecule has 0 aromatic carbocycles. The van der Waals surface area contributed by atoms with Gasteiger partial charge in [-0.3, -0.25) is 4.79 Å². The Hall–Kier alpha value is -2.15. The number of hydrogen-bond acceptors (Lipinski definition) is 5. The van der Waals surface area contributed by atoms with Gasteiger partial charge in [-0.05, 0) is 81.5 Å². The first-order valence-electron chi connectivity index (χ1n) is 13.1. The van der Waals surface area contributed by atoms with Crippen LogP contribution in [0.4, 0.5) is 5.82 Å². The van der Waals surface area contributed by atoms with E-state index >= 15 is 0 Å². The number of carbonyl (C=O) groups excluding carboxylic acids is 1. The van der Waals surface area contributed by atoms with Crippen molar-refractivity contribution in [1.29, 1.82) is 0 Å². The Morgan fingerprint density at radius 2 is 1.82 bits per heavy atom. The first kappa shape index (κ1) is 24.0. The Morgan fingerprint density at radius 1 is 1.06 bits per heavy atom. The van der Waals surface area contributed by atoms with Crippen LogP contribution < -0.4 is 16.0 Å². The zero-order valence-corrected chi connectivity index (χ0v) is 19.8. The van der Waals surface area contributed by atoms with Gasteiger partial charge < -0.3 is 21.1 Å². The van der Waals surface area contributed by atoms with Crippen LogP contribution in [0.2, 0.25) is 0 Å². The normalized spacial score (nSPS) is 24.9. The van der Waals surface area contributed by atoms with Crippen molar-refractivity contribution in [3.63, 3.8) is 0 Å².